The van der Waals surface area contributed by atoms with Crippen LogP contribution in [-0.2, 0) is 0 Å². The third-order valence-corrected chi connectivity index (χ3v) is 3.35. The smallest absolute Gasteiger partial charge is 0.346 e. The van der Waals surface area contributed by atoms with Gasteiger partial charge < -0.3 is 10.6 Å². The van der Waals surface area contributed by atoms with Gasteiger partial charge in [-0.05, 0) is 24.6 Å². The van der Waals surface area contributed by atoms with Gasteiger partial charge in [0.1, 0.15) is 17.7 Å². The fraction of sp³-hybridized carbons (Fsp3) is 0.273. The molecule has 0 saturated carbocycles. The van der Waals surface area contributed by atoms with E-state index in [1.54, 1.807) is 6.07 Å². The van der Waals surface area contributed by atoms with Crippen molar-refractivity contribution in [2.75, 3.05) is 6.54 Å². The number of halogens is 2. The Balaban J connectivity index is 2.45. The molecule has 1 atom stereocenters. The Morgan fingerprint density at radius 3 is 2.88 bits per heavy atom. The highest BCUT2D eigenvalue weighted by Crippen LogP contribution is 2.32. The number of urea groups is 1. The van der Waals surface area contributed by atoms with Gasteiger partial charge in [-0.25, -0.2) is 9.18 Å². The number of likely N-dealkylation sites (N-methyl/N-ethyl adjacent to an activating group) is 1. The molecule has 1 aliphatic rings. The van der Waals surface area contributed by atoms with E-state index in [-0.39, 0.29) is 17.7 Å². The molecule has 1 aromatic rings. The lowest BCUT2D eigenvalue weighted by Crippen LogP contribution is -2.33. The number of rotatable bonds is 2. The molecule has 0 radical (unpaired) electrons. The van der Waals surface area contributed by atoms with Crippen LogP contribution in [0.3, 0.4) is 0 Å². The summed E-state index contributed by atoms with van der Waals surface area (Å²) in [5.74, 6) is -0.104. The monoisotopic (exact) mass is 299 g/mol. The second-order valence-electron chi connectivity index (χ2n) is 3.67. The number of carbonyl (C=O) groups excluding carboxylic acids is 1. The zero-order valence-electron chi connectivity index (χ0n) is 9.15. The summed E-state index contributed by atoms with van der Waals surface area (Å²) in [6, 6.07) is 3.52. The lowest BCUT2D eigenvalue weighted by Gasteiger charge is -2.23. The molecule has 0 saturated heterocycles. The predicted molar refractivity (Wildman–Crippen MR) is 66.2 cm³/mol. The third kappa shape index (κ3) is 2.04. The van der Waals surface area contributed by atoms with Crippen LogP contribution >= 0.6 is 15.9 Å². The minimum absolute atomic E-state index is 0.240. The van der Waals surface area contributed by atoms with Gasteiger partial charge in [0.25, 0.3) is 0 Å². The number of aliphatic imine (C=N–C) groups is 1. The zero-order chi connectivity index (χ0) is 12.6. The summed E-state index contributed by atoms with van der Waals surface area (Å²) in [5, 5.41) is 0. The zero-order valence-corrected chi connectivity index (χ0v) is 10.7. The van der Waals surface area contributed by atoms with Crippen molar-refractivity contribution in [1.29, 1.82) is 0 Å². The molecule has 1 unspecified atom stereocenters. The molecule has 1 aliphatic heterocycles. The number of hydrogen-bond donors (Lipinski definition) is 1. The maximum Gasteiger partial charge on any atom is 0.346 e. The molecule has 0 spiro atoms. The summed E-state index contributed by atoms with van der Waals surface area (Å²) in [7, 11) is 0. The SMILES string of the molecule is CCN1C(=O)N=C(N)C1c1ccc(F)cc1Br. The molecule has 2 N–H and O–H groups in total. The van der Waals surface area contributed by atoms with Crippen molar-refractivity contribution in [3.8, 4) is 0 Å². The second-order valence-corrected chi connectivity index (χ2v) is 4.53. The minimum atomic E-state index is -0.414. The Bertz CT molecular complexity index is 503. The Kier molecular flexibility index (Phi) is 3.15. The molecule has 90 valence electrons. The van der Waals surface area contributed by atoms with Crippen LogP contribution in [0.5, 0.6) is 0 Å². The van der Waals surface area contributed by atoms with Crippen LogP contribution in [0.1, 0.15) is 18.5 Å². The van der Waals surface area contributed by atoms with E-state index >= 15 is 0 Å². The number of benzene rings is 1. The van der Waals surface area contributed by atoms with Crippen molar-refractivity contribution in [1.82, 2.24) is 4.90 Å². The largest absolute Gasteiger partial charge is 0.385 e. The first kappa shape index (κ1) is 12.0. The highest BCUT2D eigenvalue weighted by Gasteiger charge is 2.34. The van der Waals surface area contributed by atoms with Gasteiger partial charge in [-0.1, -0.05) is 22.0 Å². The summed E-state index contributed by atoms with van der Waals surface area (Å²) >= 11 is 3.27. The molecule has 0 fully saturated rings. The van der Waals surface area contributed by atoms with Crippen molar-refractivity contribution < 1.29 is 9.18 Å². The van der Waals surface area contributed by atoms with Gasteiger partial charge in [-0.2, -0.15) is 4.99 Å². The van der Waals surface area contributed by atoms with Crippen LogP contribution < -0.4 is 5.73 Å². The maximum atomic E-state index is 13.0. The highest BCUT2D eigenvalue weighted by molar-refractivity contribution is 9.10. The Hall–Kier alpha value is -1.43. The Morgan fingerprint density at radius 1 is 1.59 bits per heavy atom. The van der Waals surface area contributed by atoms with Crippen LogP contribution in [0.4, 0.5) is 9.18 Å². The number of nitrogens with zero attached hydrogens (tertiary/aromatic N) is 2. The van der Waals surface area contributed by atoms with Crippen molar-refractivity contribution >= 4 is 27.8 Å². The quantitative estimate of drug-likeness (QED) is 0.912. The maximum absolute atomic E-state index is 13.0. The van der Waals surface area contributed by atoms with Crippen LogP contribution in [0, 0.1) is 5.82 Å². The van der Waals surface area contributed by atoms with Crippen LogP contribution in [0.2, 0.25) is 0 Å². The summed E-state index contributed by atoms with van der Waals surface area (Å²) < 4.78 is 13.6. The van der Waals surface area contributed by atoms with Gasteiger partial charge >= 0.3 is 6.03 Å². The van der Waals surface area contributed by atoms with E-state index in [1.807, 2.05) is 6.92 Å². The van der Waals surface area contributed by atoms with Gasteiger partial charge in [0, 0.05) is 11.0 Å². The Morgan fingerprint density at radius 2 is 2.29 bits per heavy atom. The first-order valence-electron chi connectivity index (χ1n) is 5.14. The summed E-state index contributed by atoms with van der Waals surface area (Å²) in [4.78, 5) is 16.8. The molecule has 2 rings (SSSR count). The summed E-state index contributed by atoms with van der Waals surface area (Å²) in [5.41, 5.74) is 6.48. The summed E-state index contributed by atoms with van der Waals surface area (Å²) in [6.45, 7) is 2.34. The molecule has 0 aliphatic carbocycles. The average molecular weight is 300 g/mol. The van der Waals surface area contributed by atoms with Crippen LogP contribution in [-0.4, -0.2) is 23.3 Å². The third-order valence-electron chi connectivity index (χ3n) is 2.66. The highest BCUT2D eigenvalue weighted by atomic mass is 79.9. The average Bonchev–Trinajstić information content (AvgIpc) is 2.53. The van der Waals surface area contributed by atoms with Crippen molar-refractivity contribution in [2.24, 2.45) is 10.7 Å². The van der Waals surface area contributed by atoms with E-state index < -0.39 is 6.04 Å². The van der Waals surface area contributed by atoms with E-state index in [1.165, 1.54) is 17.0 Å². The van der Waals surface area contributed by atoms with E-state index in [0.717, 1.165) is 5.56 Å². The number of amides is 2. The van der Waals surface area contributed by atoms with Crippen LogP contribution in [0.15, 0.2) is 27.7 Å². The second kappa shape index (κ2) is 4.44. The van der Waals surface area contributed by atoms with Crippen LogP contribution in [0.25, 0.3) is 0 Å². The van der Waals surface area contributed by atoms with E-state index in [4.69, 9.17) is 5.73 Å². The number of carbonyl (C=O) groups is 1. The van der Waals surface area contributed by atoms with Gasteiger partial charge in [-0.3, -0.25) is 0 Å². The molecular weight excluding hydrogens is 289 g/mol. The minimum Gasteiger partial charge on any atom is -0.385 e. The molecule has 1 aromatic carbocycles. The lowest BCUT2D eigenvalue weighted by atomic mass is 10.1. The first-order chi connectivity index (χ1) is 8.04. The van der Waals surface area contributed by atoms with Crippen molar-refractivity contribution in [2.45, 2.75) is 13.0 Å². The molecule has 0 bridgehead atoms. The van der Waals surface area contributed by atoms with E-state index in [2.05, 4.69) is 20.9 Å². The standard InChI is InChI=1S/C11H11BrFN3O/c1-2-16-9(10(14)15-11(16)17)7-4-3-6(13)5-8(7)12/h3-5,9H,2H2,1H3,(H2,14,15,17). The number of hydrogen-bond acceptors (Lipinski definition) is 2. The molecule has 2 amide bonds. The van der Waals surface area contributed by atoms with Crippen molar-refractivity contribution in [3.63, 3.8) is 0 Å². The number of amidine groups is 1. The first-order valence-corrected chi connectivity index (χ1v) is 5.93. The molecule has 0 aromatic heterocycles. The molecule has 4 nitrogen and oxygen atoms in total. The summed E-state index contributed by atoms with van der Waals surface area (Å²) in [6.07, 6.45) is 0. The fourth-order valence-electron chi connectivity index (χ4n) is 1.87. The van der Waals surface area contributed by atoms with Crippen molar-refractivity contribution in [3.05, 3.63) is 34.1 Å². The molecule has 17 heavy (non-hydrogen) atoms. The molecule has 6 heteroatoms. The normalized spacial score (nSPS) is 19.7. The van der Waals surface area contributed by atoms with Gasteiger partial charge in [0.15, 0.2) is 0 Å². The predicted octanol–water partition coefficient (Wildman–Crippen LogP) is 2.44. The lowest BCUT2D eigenvalue weighted by molar-refractivity contribution is 0.209. The molecular formula is C11H11BrFN3O. The van der Waals surface area contributed by atoms with E-state index in [0.29, 0.717) is 11.0 Å². The Labute approximate surface area is 106 Å². The van der Waals surface area contributed by atoms with E-state index in [9.17, 15) is 9.18 Å². The topological polar surface area (TPSA) is 58.7 Å². The fourth-order valence-corrected chi connectivity index (χ4v) is 2.44. The number of nitrogens with two attached hydrogens (primary N) is 1. The molecule has 1 heterocycles. The van der Waals surface area contributed by atoms with Gasteiger partial charge in [0.2, 0.25) is 0 Å². The van der Waals surface area contributed by atoms with Gasteiger partial charge in [0.05, 0.1) is 0 Å². The van der Waals surface area contributed by atoms with Gasteiger partial charge in [-0.15, -0.1) is 0 Å².